The van der Waals surface area contributed by atoms with Gasteiger partial charge in [-0.1, -0.05) is 12.1 Å². The minimum atomic E-state index is -0.275. The van der Waals surface area contributed by atoms with E-state index in [9.17, 15) is 10.1 Å². The molecule has 0 amide bonds. The average Bonchev–Trinajstić information content (AvgIpc) is 2.38. The van der Waals surface area contributed by atoms with E-state index in [1.807, 2.05) is 19.1 Å². The van der Waals surface area contributed by atoms with Crippen LogP contribution in [0.5, 0.6) is 0 Å². The highest BCUT2D eigenvalue weighted by molar-refractivity contribution is 5.66. The van der Waals surface area contributed by atoms with Crippen LogP contribution in [0.1, 0.15) is 25.3 Å². The molecule has 1 aromatic carbocycles. The molecule has 1 heterocycles. The van der Waals surface area contributed by atoms with Crippen LogP contribution in [0.25, 0.3) is 0 Å². The maximum atomic E-state index is 11.2. The van der Waals surface area contributed by atoms with Gasteiger partial charge in [0, 0.05) is 24.7 Å². The Morgan fingerprint density at radius 3 is 2.58 bits per heavy atom. The lowest BCUT2D eigenvalue weighted by Crippen LogP contribution is -2.40. The number of hydrogen-bond acceptors (Lipinski definition) is 4. The molecule has 1 aromatic rings. The molecule has 0 aliphatic carbocycles. The van der Waals surface area contributed by atoms with Crippen LogP contribution in [0.4, 0.5) is 11.4 Å². The Labute approximate surface area is 113 Å². The third-order valence-corrected chi connectivity index (χ3v) is 4.02. The number of aryl methyl sites for hydroxylation is 1. The molecule has 0 radical (unpaired) electrons. The summed E-state index contributed by atoms with van der Waals surface area (Å²) in [5, 5.41) is 11.2. The standard InChI is InChI=1S/C14H21N3O2/c1-10-4-3-5-13(14(10)17(18)19)16-8-6-12(7-9-16)11(2)15/h3-5,11-12H,6-9,15H2,1-2H3. The van der Waals surface area contributed by atoms with Gasteiger partial charge in [0.25, 0.3) is 5.69 Å². The van der Waals surface area contributed by atoms with Gasteiger partial charge in [-0.2, -0.15) is 0 Å². The van der Waals surface area contributed by atoms with E-state index in [0.29, 0.717) is 5.92 Å². The summed E-state index contributed by atoms with van der Waals surface area (Å²) in [6, 6.07) is 5.72. The molecule has 5 heteroatoms. The summed E-state index contributed by atoms with van der Waals surface area (Å²) in [6.45, 7) is 5.51. The average molecular weight is 263 g/mol. The molecule has 19 heavy (non-hydrogen) atoms. The SMILES string of the molecule is Cc1cccc(N2CCC(C(C)N)CC2)c1[N+](=O)[O-]. The zero-order valence-electron chi connectivity index (χ0n) is 11.5. The molecule has 0 saturated carbocycles. The van der Waals surface area contributed by atoms with Crippen LogP contribution in [0.2, 0.25) is 0 Å². The highest BCUT2D eigenvalue weighted by atomic mass is 16.6. The molecule has 104 valence electrons. The number of anilines is 1. The van der Waals surface area contributed by atoms with Crippen molar-refractivity contribution in [3.8, 4) is 0 Å². The normalized spacial score (nSPS) is 18.4. The van der Waals surface area contributed by atoms with Crippen LogP contribution in [0, 0.1) is 23.0 Å². The molecule has 5 nitrogen and oxygen atoms in total. The van der Waals surface area contributed by atoms with E-state index < -0.39 is 0 Å². The monoisotopic (exact) mass is 263 g/mol. The first-order valence-electron chi connectivity index (χ1n) is 6.75. The second-order valence-corrected chi connectivity index (χ2v) is 5.38. The fourth-order valence-electron chi connectivity index (χ4n) is 2.80. The van der Waals surface area contributed by atoms with Crippen molar-refractivity contribution < 1.29 is 4.92 Å². The van der Waals surface area contributed by atoms with Crippen LogP contribution in [0.15, 0.2) is 18.2 Å². The van der Waals surface area contributed by atoms with E-state index in [0.717, 1.165) is 37.2 Å². The second kappa shape index (κ2) is 5.57. The molecule has 1 aliphatic rings. The fraction of sp³-hybridized carbons (Fsp3) is 0.571. The van der Waals surface area contributed by atoms with E-state index in [4.69, 9.17) is 5.73 Å². The molecule has 0 spiro atoms. The van der Waals surface area contributed by atoms with Crippen LogP contribution in [-0.4, -0.2) is 24.1 Å². The van der Waals surface area contributed by atoms with E-state index in [1.165, 1.54) is 0 Å². The summed E-state index contributed by atoms with van der Waals surface area (Å²) >= 11 is 0. The summed E-state index contributed by atoms with van der Waals surface area (Å²) < 4.78 is 0. The molecule has 0 aromatic heterocycles. The van der Waals surface area contributed by atoms with Gasteiger partial charge in [0.15, 0.2) is 0 Å². The second-order valence-electron chi connectivity index (χ2n) is 5.38. The Morgan fingerprint density at radius 1 is 1.42 bits per heavy atom. The lowest BCUT2D eigenvalue weighted by molar-refractivity contribution is -0.384. The number of hydrogen-bond donors (Lipinski definition) is 1. The molecule has 1 saturated heterocycles. The number of nitro groups is 1. The van der Waals surface area contributed by atoms with Crippen LogP contribution >= 0.6 is 0 Å². The first-order valence-corrected chi connectivity index (χ1v) is 6.75. The summed E-state index contributed by atoms with van der Waals surface area (Å²) in [4.78, 5) is 13.1. The van der Waals surface area contributed by atoms with Gasteiger partial charge in [-0.25, -0.2) is 0 Å². The van der Waals surface area contributed by atoms with Crippen LogP contribution in [-0.2, 0) is 0 Å². The van der Waals surface area contributed by atoms with Crippen molar-refractivity contribution >= 4 is 11.4 Å². The van der Waals surface area contributed by atoms with Gasteiger partial charge in [0.1, 0.15) is 5.69 Å². The number of nitro benzene ring substituents is 1. The van der Waals surface area contributed by atoms with Gasteiger partial charge in [-0.3, -0.25) is 10.1 Å². The Hall–Kier alpha value is -1.62. The Morgan fingerprint density at radius 2 is 2.05 bits per heavy atom. The van der Waals surface area contributed by atoms with Crippen molar-refractivity contribution in [3.63, 3.8) is 0 Å². The smallest absolute Gasteiger partial charge is 0.295 e. The zero-order valence-corrected chi connectivity index (χ0v) is 11.5. The van der Waals surface area contributed by atoms with E-state index in [2.05, 4.69) is 4.90 Å². The summed E-state index contributed by atoms with van der Waals surface area (Å²) in [5.74, 6) is 0.528. The number of nitrogens with two attached hydrogens (primary N) is 1. The number of piperidine rings is 1. The highest BCUT2D eigenvalue weighted by Gasteiger charge is 2.27. The molecule has 0 bridgehead atoms. The number of rotatable bonds is 3. The molecular weight excluding hydrogens is 242 g/mol. The van der Waals surface area contributed by atoms with Gasteiger partial charge in [-0.15, -0.1) is 0 Å². The molecule has 2 N–H and O–H groups in total. The number of para-hydroxylation sites is 1. The fourth-order valence-corrected chi connectivity index (χ4v) is 2.80. The Balaban J connectivity index is 2.20. The van der Waals surface area contributed by atoms with Crippen molar-refractivity contribution in [2.24, 2.45) is 11.7 Å². The lowest BCUT2D eigenvalue weighted by atomic mass is 9.90. The molecule has 1 aliphatic heterocycles. The summed E-state index contributed by atoms with van der Waals surface area (Å²) in [7, 11) is 0. The zero-order chi connectivity index (χ0) is 14.0. The van der Waals surface area contributed by atoms with Gasteiger partial charge >= 0.3 is 0 Å². The van der Waals surface area contributed by atoms with E-state index in [-0.39, 0.29) is 16.7 Å². The highest BCUT2D eigenvalue weighted by Crippen LogP contribution is 2.34. The Kier molecular flexibility index (Phi) is 4.04. The molecule has 1 fully saturated rings. The maximum absolute atomic E-state index is 11.2. The van der Waals surface area contributed by atoms with Gasteiger partial charge < -0.3 is 10.6 Å². The van der Waals surface area contributed by atoms with Gasteiger partial charge in [0.05, 0.1) is 4.92 Å². The summed E-state index contributed by atoms with van der Waals surface area (Å²) in [5.41, 5.74) is 7.63. The summed E-state index contributed by atoms with van der Waals surface area (Å²) in [6.07, 6.45) is 2.01. The molecule has 1 unspecified atom stereocenters. The topological polar surface area (TPSA) is 72.4 Å². The quantitative estimate of drug-likeness (QED) is 0.671. The van der Waals surface area contributed by atoms with Crippen molar-refractivity contribution in [2.75, 3.05) is 18.0 Å². The minimum absolute atomic E-state index is 0.203. The van der Waals surface area contributed by atoms with Crippen LogP contribution in [0.3, 0.4) is 0 Å². The predicted molar refractivity (Wildman–Crippen MR) is 76.4 cm³/mol. The lowest BCUT2D eigenvalue weighted by Gasteiger charge is -2.35. The minimum Gasteiger partial charge on any atom is -0.366 e. The van der Waals surface area contributed by atoms with Crippen molar-refractivity contribution in [3.05, 3.63) is 33.9 Å². The maximum Gasteiger partial charge on any atom is 0.295 e. The van der Waals surface area contributed by atoms with Gasteiger partial charge in [-0.05, 0) is 38.7 Å². The third-order valence-electron chi connectivity index (χ3n) is 4.02. The van der Waals surface area contributed by atoms with Crippen molar-refractivity contribution in [2.45, 2.75) is 32.7 Å². The Bertz CT molecular complexity index is 466. The van der Waals surface area contributed by atoms with E-state index in [1.54, 1.807) is 13.0 Å². The molecule has 1 atom stereocenters. The first kappa shape index (κ1) is 13.8. The van der Waals surface area contributed by atoms with Gasteiger partial charge in [0.2, 0.25) is 0 Å². The first-order chi connectivity index (χ1) is 9.00. The largest absolute Gasteiger partial charge is 0.366 e. The van der Waals surface area contributed by atoms with Crippen molar-refractivity contribution in [1.29, 1.82) is 0 Å². The molecule has 2 rings (SSSR count). The number of benzene rings is 1. The third kappa shape index (κ3) is 2.87. The van der Waals surface area contributed by atoms with Crippen LogP contribution < -0.4 is 10.6 Å². The van der Waals surface area contributed by atoms with Crippen molar-refractivity contribution in [1.82, 2.24) is 0 Å². The molecular formula is C14H21N3O2. The number of nitrogens with zero attached hydrogens (tertiary/aromatic N) is 2. The van der Waals surface area contributed by atoms with E-state index >= 15 is 0 Å². The predicted octanol–water partition coefficient (Wildman–Crippen LogP) is 2.47.